The predicted molar refractivity (Wildman–Crippen MR) is 129 cm³/mol. The first kappa shape index (κ1) is 19.7. The molecule has 0 heterocycles. The van der Waals surface area contributed by atoms with Crippen LogP contribution in [0.3, 0.4) is 0 Å². The van der Waals surface area contributed by atoms with E-state index in [1.54, 1.807) is 0 Å². The molecule has 4 aromatic rings. The van der Waals surface area contributed by atoms with Crippen molar-refractivity contribution in [3.63, 3.8) is 0 Å². The van der Waals surface area contributed by atoms with Gasteiger partial charge < -0.3 is 0 Å². The second-order valence-electron chi connectivity index (χ2n) is 8.51. The summed E-state index contributed by atoms with van der Waals surface area (Å²) in [6, 6.07) is 37.0. The van der Waals surface area contributed by atoms with Gasteiger partial charge in [-0.25, -0.2) is 17.7 Å². The molecule has 4 rings (SSSR count). The summed E-state index contributed by atoms with van der Waals surface area (Å²) in [5.74, 6) is 0. The minimum absolute atomic E-state index is 1.30. The fourth-order valence-corrected chi connectivity index (χ4v) is 9.96. The normalized spacial score (nSPS) is 11.4. The fourth-order valence-electron chi connectivity index (χ4n) is 4.58. The number of hydrogen-bond acceptors (Lipinski definition) is 0. The lowest BCUT2D eigenvalue weighted by molar-refractivity contribution is 1.46. The minimum Gasteiger partial charge on any atom is -0.218 e. The van der Waals surface area contributed by atoms with Crippen molar-refractivity contribution in [1.82, 2.24) is 0 Å². The number of aryl methyl sites for hydroxylation is 4. The van der Waals surface area contributed by atoms with Gasteiger partial charge >= 0.3 is 0 Å². The molecule has 0 aliphatic rings. The van der Waals surface area contributed by atoms with Crippen molar-refractivity contribution >= 4 is 30.8 Å². The van der Waals surface area contributed by atoms with E-state index >= 15 is 0 Å². The Morgan fingerprint density at radius 2 is 0.483 bits per heavy atom. The zero-order chi connectivity index (χ0) is 20.4. The Hall–Kier alpha value is -2.59. The Labute approximate surface area is 177 Å². The minimum atomic E-state index is -2.80. The highest BCUT2D eigenvalue weighted by molar-refractivity contribution is 7.19. The summed E-state index contributed by atoms with van der Waals surface area (Å²) in [6.45, 7) is 8.67. The predicted octanol–water partition coefficient (Wildman–Crippen LogP) is 4.30. The summed E-state index contributed by atoms with van der Waals surface area (Å²) >= 11 is -2.80. The molecule has 0 spiro atoms. The van der Waals surface area contributed by atoms with Crippen LogP contribution in [0.2, 0.25) is 0 Å². The zero-order valence-corrected chi connectivity index (χ0v) is 19.0. The smallest absolute Gasteiger partial charge is 0.218 e. The maximum absolute atomic E-state index is 2.80. The molecule has 0 aliphatic heterocycles. The van der Waals surface area contributed by atoms with Crippen molar-refractivity contribution in [2.45, 2.75) is 27.7 Å². The topological polar surface area (TPSA) is 0 Å². The molecule has 0 atom stereocenters. The lowest BCUT2D eigenvalue weighted by Gasteiger charge is -2.41. The highest BCUT2D eigenvalue weighted by atomic mass is 27.2. The molecule has 0 radical (unpaired) electrons. The zero-order valence-electron chi connectivity index (χ0n) is 17.8. The third-order valence-electron chi connectivity index (χ3n) is 6.31. The van der Waals surface area contributed by atoms with Crippen LogP contribution in [0.4, 0.5) is 0 Å². The van der Waals surface area contributed by atoms with Crippen LogP contribution in [-0.2, 0) is 0 Å². The van der Waals surface area contributed by atoms with Crippen LogP contribution in [-0.4, -0.2) is 13.1 Å². The summed E-state index contributed by atoms with van der Waals surface area (Å²) in [5.41, 5.74) is 5.22. The lowest BCUT2D eigenvalue weighted by atomic mass is 10.2. The van der Waals surface area contributed by atoms with E-state index in [9.17, 15) is 0 Å². The molecular formula is C28H28Al-. The first-order valence-electron chi connectivity index (χ1n) is 10.4. The van der Waals surface area contributed by atoms with Gasteiger partial charge in [-0.05, 0) is 27.7 Å². The van der Waals surface area contributed by atoms with Crippen LogP contribution in [0, 0.1) is 27.7 Å². The molecule has 29 heavy (non-hydrogen) atoms. The summed E-state index contributed by atoms with van der Waals surface area (Å²) in [7, 11) is 0. The van der Waals surface area contributed by atoms with Gasteiger partial charge in [0.15, 0.2) is 0 Å². The summed E-state index contributed by atoms with van der Waals surface area (Å²) in [5, 5.41) is 0. The summed E-state index contributed by atoms with van der Waals surface area (Å²) < 4.78 is 5.83. The number of benzene rings is 4. The van der Waals surface area contributed by atoms with E-state index in [1.165, 1.54) is 40.0 Å². The van der Waals surface area contributed by atoms with Crippen LogP contribution in [0.5, 0.6) is 0 Å². The molecule has 0 amide bonds. The monoisotopic (exact) mass is 391 g/mol. The van der Waals surface area contributed by atoms with Crippen molar-refractivity contribution in [1.29, 1.82) is 0 Å². The summed E-state index contributed by atoms with van der Waals surface area (Å²) in [6.07, 6.45) is 0. The molecule has 0 nitrogen and oxygen atoms in total. The van der Waals surface area contributed by atoms with Crippen molar-refractivity contribution in [3.8, 4) is 0 Å². The van der Waals surface area contributed by atoms with Gasteiger partial charge in [-0.3, -0.25) is 0 Å². The molecule has 0 aromatic heterocycles. The Morgan fingerprint density at radius 3 is 0.655 bits per heavy atom. The van der Waals surface area contributed by atoms with E-state index in [0.29, 0.717) is 0 Å². The molecule has 0 bridgehead atoms. The van der Waals surface area contributed by atoms with E-state index in [4.69, 9.17) is 0 Å². The fraction of sp³-hybridized carbons (Fsp3) is 0.143. The maximum Gasteiger partial charge on any atom is 0.266 e. The van der Waals surface area contributed by atoms with Gasteiger partial charge in [-0.15, -0.1) is 48.5 Å². The Balaban J connectivity index is 2.11. The highest BCUT2D eigenvalue weighted by Crippen LogP contribution is 2.12. The van der Waals surface area contributed by atoms with E-state index in [0.717, 1.165) is 0 Å². The van der Waals surface area contributed by atoms with Crippen molar-refractivity contribution in [2.24, 2.45) is 0 Å². The van der Waals surface area contributed by atoms with Crippen molar-refractivity contribution in [2.75, 3.05) is 0 Å². The Morgan fingerprint density at radius 1 is 0.310 bits per heavy atom. The quantitative estimate of drug-likeness (QED) is 0.455. The molecule has 144 valence electrons. The van der Waals surface area contributed by atoms with E-state index < -0.39 is 13.1 Å². The highest BCUT2D eigenvalue weighted by Gasteiger charge is 2.36. The lowest BCUT2D eigenvalue weighted by Crippen LogP contribution is -2.74. The summed E-state index contributed by atoms with van der Waals surface area (Å²) in [4.78, 5) is 0. The maximum atomic E-state index is 2.36. The largest absolute Gasteiger partial charge is 0.266 e. The number of rotatable bonds is 4. The molecule has 0 aliphatic carbocycles. The molecule has 0 unspecified atom stereocenters. The standard InChI is InChI=1S/4C7H7.Al/c4*1-7-5-3-2-4-6-7;/h4*3-6H,1H3;/q;;;;-1. The van der Waals surface area contributed by atoms with Gasteiger partial charge in [-0.1, -0.05) is 70.8 Å². The second-order valence-corrected chi connectivity index (χ2v) is 12.9. The van der Waals surface area contributed by atoms with Crippen LogP contribution < -0.4 is 17.7 Å². The van der Waals surface area contributed by atoms with Crippen LogP contribution >= 0.6 is 0 Å². The molecule has 0 fully saturated rings. The third kappa shape index (κ3) is 3.69. The molecule has 4 aromatic carbocycles. The average molecular weight is 392 g/mol. The molecule has 0 saturated carbocycles. The van der Waals surface area contributed by atoms with E-state index in [2.05, 4.69) is 125 Å². The van der Waals surface area contributed by atoms with Gasteiger partial charge in [0, 0.05) is 0 Å². The first-order chi connectivity index (χ1) is 14.0. The van der Waals surface area contributed by atoms with Crippen LogP contribution in [0.1, 0.15) is 22.3 Å². The molecule has 1 heteroatoms. The van der Waals surface area contributed by atoms with Crippen LogP contribution in [0.25, 0.3) is 0 Å². The average Bonchev–Trinajstić information content (AvgIpc) is 2.73. The van der Waals surface area contributed by atoms with Crippen molar-refractivity contribution < 1.29 is 0 Å². The van der Waals surface area contributed by atoms with Crippen LogP contribution in [0.15, 0.2) is 97.1 Å². The van der Waals surface area contributed by atoms with E-state index in [-0.39, 0.29) is 0 Å². The van der Waals surface area contributed by atoms with Gasteiger partial charge in [0.1, 0.15) is 0 Å². The van der Waals surface area contributed by atoms with Gasteiger partial charge in [0.25, 0.3) is 13.1 Å². The Kier molecular flexibility index (Phi) is 5.46. The SMILES string of the molecule is Cc1cc[c]([Al-]([c]2ccc(C)cc2)([c]2ccc(C)cc2)[c]2ccc(C)cc2)cc1. The van der Waals surface area contributed by atoms with Crippen molar-refractivity contribution in [3.05, 3.63) is 119 Å². The van der Waals surface area contributed by atoms with Gasteiger partial charge in [0.05, 0.1) is 0 Å². The van der Waals surface area contributed by atoms with E-state index in [1.807, 2.05) is 0 Å². The first-order valence-corrected chi connectivity index (χ1v) is 12.7. The van der Waals surface area contributed by atoms with Gasteiger partial charge in [-0.2, -0.15) is 0 Å². The molecule has 0 N–H and O–H groups in total. The number of hydrogen-bond donors (Lipinski definition) is 0. The molecule has 0 saturated heterocycles. The Bertz CT molecular complexity index is 900. The van der Waals surface area contributed by atoms with Gasteiger partial charge in [0.2, 0.25) is 0 Å². The second kappa shape index (κ2) is 8.04. The molecular weight excluding hydrogens is 363 g/mol. The third-order valence-corrected chi connectivity index (χ3v) is 11.8.